The van der Waals surface area contributed by atoms with Crippen LogP contribution in [-0.4, -0.2) is 32.2 Å². The first-order valence-corrected chi connectivity index (χ1v) is 5.53. The van der Waals surface area contributed by atoms with Gasteiger partial charge < -0.3 is 16.4 Å². The molecular weight excluding hydrogens is 162 g/mol. The summed E-state index contributed by atoms with van der Waals surface area (Å²) in [5, 5.41) is 6.85. The monoisotopic (exact) mass is 183 g/mol. The Bertz CT molecular complexity index is 154. The minimum absolute atomic E-state index is 0.397. The van der Waals surface area contributed by atoms with Crippen molar-refractivity contribution >= 4 is 0 Å². The molecule has 0 radical (unpaired) electrons. The lowest BCUT2D eigenvalue weighted by Crippen LogP contribution is -2.47. The summed E-state index contributed by atoms with van der Waals surface area (Å²) in [7, 11) is 0. The van der Waals surface area contributed by atoms with Crippen LogP contribution < -0.4 is 16.4 Å². The Kier molecular flexibility index (Phi) is 3.19. The highest BCUT2D eigenvalue weighted by atomic mass is 14.9. The van der Waals surface area contributed by atoms with Crippen molar-refractivity contribution < 1.29 is 0 Å². The van der Waals surface area contributed by atoms with Crippen LogP contribution in [0.15, 0.2) is 0 Å². The summed E-state index contributed by atoms with van der Waals surface area (Å²) >= 11 is 0. The molecule has 2 aliphatic rings. The van der Waals surface area contributed by atoms with E-state index in [4.69, 9.17) is 5.73 Å². The van der Waals surface area contributed by atoms with E-state index in [2.05, 4.69) is 10.6 Å². The minimum Gasteiger partial charge on any atom is -0.327 e. The molecule has 2 unspecified atom stereocenters. The van der Waals surface area contributed by atoms with Crippen LogP contribution in [0.25, 0.3) is 0 Å². The quantitative estimate of drug-likeness (QED) is 0.533. The summed E-state index contributed by atoms with van der Waals surface area (Å²) in [5.41, 5.74) is 5.95. The molecule has 2 fully saturated rings. The molecule has 2 atom stereocenters. The lowest BCUT2D eigenvalue weighted by molar-refractivity contribution is 0.204. The maximum atomic E-state index is 5.95. The second-order valence-corrected chi connectivity index (χ2v) is 4.50. The Morgan fingerprint density at radius 2 is 1.69 bits per heavy atom. The first-order chi connectivity index (χ1) is 6.36. The van der Waals surface area contributed by atoms with E-state index >= 15 is 0 Å². The Labute approximate surface area is 80.5 Å². The molecule has 2 aliphatic heterocycles. The normalized spacial score (nSPS) is 37.6. The van der Waals surface area contributed by atoms with E-state index in [1.54, 1.807) is 0 Å². The van der Waals surface area contributed by atoms with Gasteiger partial charge in [0, 0.05) is 12.6 Å². The fraction of sp³-hybridized carbons (Fsp3) is 1.00. The standard InChI is InChI=1S/C10H21N3/c11-10-5-9(6-13-7-10)8-1-3-12-4-2-8/h8-10,12-13H,1-7,11H2. The van der Waals surface area contributed by atoms with E-state index in [9.17, 15) is 0 Å². The highest BCUT2D eigenvalue weighted by molar-refractivity contribution is 4.84. The highest BCUT2D eigenvalue weighted by Crippen LogP contribution is 2.26. The van der Waals surface area contributed by atoms with Crippen LogP contribution >= 0.6 is 0 Å². The summed E-state index contributed by atoms with van der Waals surface area (Å²) in [4.78, 5) is 0. The molecule has 76 valence electrons. The fourth-order valence-electron chi connectivity index (χ4n) is 2.68. The second kappa shape index (κ2) is 4.40. The van der Waals surface area contributed by atoms with Crippen LogP contribution in [0.2, 0.25) is 0 Å². The molecular formula is C10H21N3. The number of rotatable bonds is 1. The van der Waals surface area contributed by atoms with Crippen LogP contribution in [0.3, 0.4) is 0 Å². The third-order valence-electron chi connectivity index (χ3n) is 3.47. The third kappa shape index (κ3) is 2.42. The molecule has 2 heterocycles. The molecule has 0 spiro atoms. The summed E-state index contributed by atoms with van der Waals surface area (Å²) in [5.74, 6) is 1.76. The number of piperidine rings is 2. The summed E-state index contributed by atoms with van der Waals surface area (Å²) < 4.78 is 0. The Morgan fingerprint density at radius 3 is 2.38 bits per heavy atom. The Morgan fingerprint density at radius 1 is 0.923 bits per heavy atom. The van der Waals surface area contributed by atoms with Crippen molar-refractivity contribution in [3.8, 4) is 0 Å². The van der Waals surface area contributed by atoms with E-state index < -0.39 is 0 Å². The predicted octanol–water partition coefficient (Wildman–Crippen LogP) is -0.0772. The van der Waals surface area contributed by atoms with Gasteiger partial charge in [-0.05, 0) is 50.7 Å². The van der Waals surface area contributed by atoms with Crippen molar-refractivity contribution in [3.05, 3.63) is 0 Å². The van der Waals surface area contributed by atoms with Gasteiger partial charge in [0.2, 0.25) is 0 Å². The largest absolute Gasteiger partial charge is 0.327 e. The molecule has 0 amide bonds. The molecule has 3 nitrogen and oxygen atoms in total. The van der Waals surface area contributed by atoms with Gasteiger partial charge in [0.1, 0.15) is 0 Å². The molecule has 0 aromatic rings. The zero-order valence-electron chi connectivity index (χ0n) is 8.26. The lowest BCUT2D eigenvalue weighted by Gasteiger charge is -2.35. The first kappa shape index (κ1) is 9.44. The van der Waals surface area contributed by atoms with Gasteiger partial charge in [0.05, 0.1) is 0 Å². The van der Waals surface area contributed by atoms with Gasteiger partial charge in [-0.25, -0.2) is 0 Å². The van der Waals surface area contributed by atoms with Crippen LogP contribution in [0.4, 0.5) is 0 Å². The maximum absolute atomic E-state index is 5.95. The smallest absolute Gasteiger partial charge is 0.0168 e. The van der Waals surface area contributed by atoms with E-state index in [-0.39, 0.29) is 0 Å². The predicted molar refractivity (Wildman–Crippen MR) is 54.5 cm³/mol. The average molecular weight is 183 g/mol. The first-order valence-electron chi connectivity index (χ1n) is 5.53. The number of hydrogen-bond donors (Lipinski definition) is 3. The van der Waals surface area contributed by atoms with E-state index in [0.29, 0.717) is 6.04 Å². The van der Waals surface area contributed by atoms with Crippen molar-refractivity contribution in [2.45, 2.75) is 25.3 Å². The fourth-order valence-corrected chi connectivity index (χ4v) is 2.68. The molecule has 2 saturated heterocycles. The molecule has 0 saturated carbocycles. The van der Waals surface area contributed by atoms with Gasteiger partial charge in [-0.1, -0.05) is 0 Å². The molecule has 0 aromatic carbocycles. The van der Waals surface area contributed by atoms with Crippen molar-refractivity contribution in [3.63, 3.8) is 0 Å². The Hall–Kier alpha value is -0.120. The van der Waals surface area contributed by atoms with Gasteiger partial charge >= 0.3 is 0 Å². The number of nitrogens with one attached hydrogen (secondary N) is 2. The van der Waals surface area contributed by atoms with Gasteiger partial charge in [0.25, 0.3) is 0 Å². The van der Waals surface area contributed by atoms with Crippen LogP contribution in [0.1, 0.15) is 19.3 Å². The molecule has 0 aliphatic carbocycles. The zero-order chi connectivity index (χ0) is 9.10. The maximum Gasteiger partial charge on any atom is 0.0168 e. The van der Waals surface area contributed by atoms with E-state index in [0.717, 1.165) is 18.4 Å². The zero-order valence-corrected chi connectivity index (χ0v) is 8.26. The summed E-state index contributed by atoms with van der Waals surface area (Å²) in [6.07, 6.45) is 3.93. The van der Waals surface area contributed by atoms with Crippen LogP contribution in [-0.2, 0) is 0 Å². The molecule has 2 rings (SSSR count). The molecule has 4 N–H and O–H groups in total. The van der Waals surface area contributed by atoms with Crippen LogP contribution in [0.5, 0.6) is 0 Å². The molecule has 3 heteroatoms. The minimum atomic E-state index is 0.397. The topological polar surface area (TPSA) is 50.1 Å². The molecule has 13 heavy (non-hydrogen) atoms. The molecule has 0 aromatic heterocycles. The number of nitrogens with two attached hydrogens (primary N) is 1. The van der Waals surface area contributed by atoms with E-state index in [1.807, 2.05) is 0 Å². The average Bonchev–Trinajstić information content (AvgIpc) is 2.19. The van der Waals surface area contributed by atoms with Gasteiger partial charge in [-0.3, -0.25) is 0 Å². The van der Waals surface area contributed by atoms with E-state index in [1.165, 1.54) is 38.9 Å². The van der Waals surface area contributed by atoms with Gasteiger partial charge in [-0.15, -0.1) is 0 Å². The number of hydrogen-bond acceptors (Lipinski definition) is 3. The molecule has 0 bridgehead atoms. The van der Waals surface area contributed by atoms with Crippen molar-refractivity contribution in [1.29, 1.82) is 0 Å². The Balaban J connectivity index is 1.83. The van der Waals surface area contributed by atoms with Gasteiger partial charge in [-0.2, -0.15) is 0 Å². The van der Waals surface area contributed by atoms with Crippen molar-refractivity contribution in [1.82, 2.24) is 10.6 Å². The highest BCUT2D eigenvalue weighted by Gasteiger charge is 2.27. The van der Waals surface area contributed by atoms with Crippen molar-refractivity contribution in [2.24, 2.45) is 17.6 Å². The van der Waals surface area contributed by atoms with Gasteiger partial charge in [0.15, 0.2) is 0 Å². The second-order valence-electron chi connectivity index (χ2n) is 4.50. The lowest BCUT2D eigenvalue weighted by atomic mass is 9.79. The van der Waals surface area contributed by atoms with Crippen molar-refractivity contribution in [2.75, 3.05) is 26.2 Å². The SMILES string of the molecule is NC1CNCC(C2CCNCC2)C1. The third-order valence-corrected chi connectivity index (χ3v) is 3.47. The summed E-state index contributed by atoms with van der Waals surface area (Å²) in [6, 6.07) is 0.397. The van der Waals surface area contributed by atoms with Crippen LogP contribution in [0, 0.1) is 11.8 Å². The summed E-state index contributed by atoms with van der Waals surface area (Å²) in [6.45, 7) is 4.62.